The van der Waals surface area contributed by atoms with E-state index in [9.17, 15) is 35.1 Å². The average Bonchev–Trinajstić information content (AvgIpc) is 3.37. The normalized spacial score (nSPS) is 20.3. The summed E-state index contributed by atoms with van der Waals surface area (Å²) in [5.41, 5.74) is 0. The molecule has 71 heavy (non-hydrogen) atoms. The number of rotatable bonds is 46. The first-order chi connectivity index (χ1) is 34.7. The van der Waals surface area contributed by atoms with Gasteiger partial charge in [-0.15, -0.1) is 0 Å². The van der Waals surface area contributed by atoms with E-state index in [1.807, 2.05) is 60.8 Å². The summed E-state index contributed by atoms with van der Waals surface area (Å²) in [6.07, 6.45) is 50.8. The van der Waals surface area contributed by atoms with Crippen LogP contribution in [0.2, 0.25) is 0 Å². The van der Waals surface area contributed by atoms with Gasteiger partial charge in [-0.2, -0.15) is 0 Å². The van der Waals surface area contributed by atoms with Crippen molar-refractivity contribution in [1.82, 2.24) is 5.32 Å². The van der Waals surface area contributed by atoms with Crippen LogP contribution in [0.3, 0.4) is 0 Å². The van der Waals surface area contributed by atoms with Crippen LogP contribution in [0.25, 0.3) is 0 Å². The van der Waals surface area contributed by atoms with Crippen molar-refractivity contribution in [2.24, 2.45) is 0 Å². The van der Waals surface area contributed by atoms with Crippen LogP contribution in [0.4, 0.5) is 0 Å². The minimum atomic E-state index is -1.63. The average molecular weight is 998 g/mol. The zero-order valence-electron chi connectivity index (χ0n) is 44.8. The van der Waals surface area contributed by atoms with Gasteiger partial charge in [-0.05, 0) is 64.2 Å². The van der Waals surface area contributed by atoms with E-state index >= 15 is 0 Å². The molecule has 11 nitrogen and oxygen atoms in total. The lowest BCUT2D eigenvalue weighted by Crippen LogP contribution is -2.61. The fraction of sp³-hybridized carbons (Fsp3) is 0.733. The molecule has 0 saturated carbocycles. The van der Waals surface area contributed by atoms with Crippen LogP contribution < -0.4 is 5.32 Å². The van der Waals surface area contributed by atoms with Crippen LogP contribution in [-0.2, 0) is 23.8 Å². The Morgan fingerprint density at radius 3 is 1.54 bits per heavy atom. The summed E-state index contributed by atoms with van der Waals surface area (Å²) in [6.45, 7) is 5.56. The Morgan fingerprint density at radius 1 is 0.563 bits per heavy atom. The molecule has 0 aliphatic carbocycles. The number of esters is 1. The first kappa shape index (κ1) is 65.9. The van der Waals surface area contributed by atoms with Gasteiger partial charge < -0.3 is 45.1 Å². The van der Waals surface area contributed by atoms with Crippen molar-refractivity contribution in [3.8, 4) is 0 Å². The highest BCUT2D eigenvalue weighted by molar-refractivity contribution is 5.80. The summed E-state index contributed by atoms with van der Waals surface area (Å²) in [5.74, 6) is -1.28. The lowest BCUT2D eigenvalue weighted by atomic mass is 9.99. The number of unbranched alkanes of at least 4 members (excludes halogenated alkanes) is 24. The highest BCUT2D eigenvalue weighted by Crippen LogP contribution is 2.26. The monoisotopic (exact) mass is 998 g/mol. The van der Waals surface area contributed by atoms with E-state index in [-0.39, 0.29) is 19.4 Å². The van der Waals surface area contributed by atoms with Crippen LogP contribution in [-0.4, -0.2) is 99.6 Å². The van der Waals surface area contributed by atoms with Gasteiger partial charge in [0.1, 0.15) is 24.4 Å². The Labute approximate surface area is 432 Å². The molecule has 1 aliphatic rings. The second kappa shape index (κ2) is 47.8. The molecule has 0 spiro atoms. The molecular weight excluding hydrogens is 895 g/mol. The number of carbonyl (C=O) groups excluding carboxylic acids is 2. The summed E-state index contributed by atoms with van der Waals surface area (Å²) in [7, 11) is 0. The van der Waals surface area contributed by atoms with E-state index in [4.69, 9.17) is 14.2 Å². The number of allylic oxidation sites excluding steroid dienone is 13. The first-order valence-corrected chi connectivity index (χ1v) is 28.4. The molecule has 1 amide bonds. The molecule has 1 aliphatic heterocycles. The SMILES string of the molecule is CC/C=C/C=C/C=C\C=C/C=C/CCC(O)C(=O)NC(COC1OC(CO)C(O)C(O)C1OC(=O)CCCCCCCCCCC/C=C/CCCCCCCC)C(O)/C=C/CCCCCCCCCCC. The van der Waals surface area contributed by atoms with Crippen LogP contribution in [0, 0.1) is 0 Å². The Morgan fingerprint density at radius 2 is 1.03 bits per heavy atom. The Hall–Kier alpha value is -3.16. The highest BCUT2D eigenvalue weighted by atomic mass is 16.7. The van der Waals surface area contributed by atoms with Gasteiger partial charge in [0.05, 0.1) is 25.4 Å². The smallest absolute Gasteiger partial charge is 0.306 e. The summed E-state index contributed by atoms with van der Waals surface area (Å²) in [4.78, 5) is 26.4. The molecule has 11 heteroatoms. The predicted molar refractivity (Wildman–Crippen MR) is 292 cm³/mol. The van der Waals surface area contributed by atoms with Crippen molar-refractivity contribution >= 4 is 11.9 Å². The van der Waals surface area contributed by atoms with Gasteiger partial charge >= 0.3 is 5.97 Å². The maximum absolute atomic E-state index is 13.3. The topological polar surface area (TPSA) is 175 Å². The first-order valence-electron chi connectivity index (χ1n) is 28.4. The number of aliphatic hydroxyl groups excluding tert-OH is 5. The summed E-state index contributed by atoms with van der Waals surface area (Å²) in [6, 6.07) is -1.06. The molecule has 408 valence electrons. The highest BCUT2D eigenvalue weighted by Gasteiger charge is 2.47. The Kier molecular flexibility index (Phi) is 44.4. The van der Waals surface area contributed by atoms with Gasteiger partial charge in [-0.25, -0.2) is 0 Å². The molecule has 0 aromatic heterocycles. The molecule has 1 saturated heterocycles. The van der Waals surface area contributed by atoms with Crippen molar-refractivity contribution in [2.45, 2.75) is 269 Å². The zero-order valence-corrected chi connectivity index (χ0v) is 44.8. The summed E-state index contributed by atoms with van der Waals surface area (Å²) in [5, 5.41) is 56.6. The number of carbonyl (C=O) groups is 2. The minimum absolute atomic E-state index is 0.109. The van der Waals surface area contributed by atoms with Gasteiger partial charge in [0.2, 0.25) is 5.91 Å². The maximum Gasteiger partial charge on any atom is 0.306 e. The molecule has 0 aromatic rings. The summed E-state index contributed by atoms with van der Waals surface area (Å²) >= 11 is 0. The Bertz CT molecular complexity index is 1470. The van der Waals surface area contributed by atoms with Crippen LogP contribution in [0.15, 0.2) is 85.1 Å². The van der Waals surface area contributed by atoms with E-state index in [0.717, 1.165) is 51.4 Å². The molecule has 1 heterocycles. The van der Waals surface area contributed by atoms with Gasteiger partial charge in [-0.1, -0.05) is 234 Å². The molecule has 8 atom stereocenters. The van der Waals surface area contributed by atoms with Gasteiger partial charge in [0.15, 0.2) is 12.4 Å². The van der Waals surface area contributed by atoms with Gasteiger partial charge in [-0.3, -0.25) is 9.59 Å². The molecule has 1 rings (SSSR count). The van der Waals surface area contributed by atoms with E-state index < -0.39 is 67.4 Å². The van der Waals surface area contributed by atoms with Crippen LogP contribution >= 0.6 is 0 Å². The van der Waals surface area contributed by atoms with Gasteiger partial charge in [0.25, 0.3) is 0 Å². The summed E-state index contributed by atoms with van der Waals surface area (Å²) < 4.78 is 17.5. The Balaban J connectivity index is 2.73. The fourth-order valence-electron chi connectivity index (χ4n) is 8.38. The van der Waals surface area contributed by atoms with Gasteiger partial charge in [0, 0.05) is 6.42 Å². The third kappa shape index (κ3) is 36.4. The lowest BCUT2D eigenvalue weighted by molar-refractivity contribution is -0.305. The lowest BCUT2D eigenvalue weighted by Gasteiger charge is -2.41. The van der Waals surface area contributed by atoms with E-state index in [2.05, 4.69) is 44.3 Å². The standard InChI is InChI=1S/C60H103NO10/c1-4-7-10-13-16-19-22-24-25-26-27-28-29-30-33-36-39-42-45-48-55(65)71-58-57(67)56(66)54(49-62)70-60(58)69-50-51(52(63)46-43-40-37-34-31-21-18-15-12-9-6-3)61-59(68)53(64)47-44-41-38-35-32-23-20-17-14-11-8-5-2/h8,11,14,17,20,23-25,32,35,38,41,43,46,51-54,56-58,60,62-64,66-67H,4-7,9-10,12-13,15-16,18-19,21-22,26-31,33-34,36-37,39-40,42,44-45,47-50H2,1-3H3,(H,61,68)/b11-8+,17-14+,23-20-,25-24+,35-32-,41-38+,46-43+. The molecule has 0 radical (unpaired) electrons. The zero-order chi connectivity index (χ0) is 51.8. The maximum atomic E-state index is 13.3. The number of amides is 1. The number of nitrogens with one attached hydrogen (secondary N) is 1. The second-order valence-electron chi connectivity index (χ2n) is 19.4. The van der Waals surface area contributed by atoms with Crippen molar-refractivity contribution in [3.05, 3.63) is 85.1 Å². The number of hydrogen-bond donors (Lipinski definition) is 6. The quantitative estimate of drug-likeness (QED) is 0.0149. The molecule has 0 bridgehead atoms. The predicted octanol–water partition coefficient (Wildman–Crippen LogP) is 12.6. The van der Waals surface area contributed by atoms with Crippen LogP contribution in [0.5, 0.6) is 0 Å². The number of ether oxygens (including phenoxy) is 3. The van der Waals surface area contributed by atoms with Crippen molar-refractivity contribution in [2.75, 3.05) is 13.2 Å². The van der Waals surface area contributed by atoms with Crippen LogP contribution in [0.1, 0.15) is 220 Å². The van der Waals surface area contributed by atoms with E-state index in [0.29, 0.717) is 12.8 Å². The van der Waals surface area contributed by atoms with E-state index in [1.54, 1.807) is 6.08 Å². The molecular formula is C60H103NO10. The molecule has 1 fully saturated rings. The largest absolute Gasteiger partial charge is 0.454 e. The van der Waals surface area contributed by atoms with Crippen molar-refractivity contribution in [3.63, 3.8) is 0 Å². The molecule has 6 N–H and O–H groups in total. The number of hydrogen-bond acceptors (Lipinski definition) is 10. The van der Waals surface area contributed by atoms with Crippen molar-refractivity contribution < 1.29 is 49.3 Å². The fourth-order valence-corrected chi connectivity index (χ4v) is 8.38. The van der Waals surface area contributed by atoms with E-state index in [1.165, 1.54) is 122 Å². The second-order valence-corrected chi connectivity index (χ2v) is 19.4. The number of aliphatic hydroxyl groups is 5. The molecule has 0 aromatic carbocycles. The molecule has 8 unspecified atom stereocenters. The van der Waals surface area contributed by atoms with Crippen molar-refractivity contribution in [1.29, 1.82) is 0 Å². The third-order valence-corrected chi connectivity index (χ3v) is 12.9. The third-order valence-electron chi connectivity index (χ3n) is 12.9. The minimum Gasteiger partial charge on any atom is -0.454 e.